The van der Waals surface area contributed by atoms with E-state index in [1.807, 2.05) is 53.9 Å². The Hall–Kier alpha value is -0.120. The maximum absolute atomic E-state index is 10.4. The van der Waals surface area contributed by atoms with E-state index in [1.54, 1.807) is 0 Å². The van der Waals surface area contributed by atoms with Gasteiger partial charge < -0.3 is 5.11 Å². The van der Waals surface area contributed by atoms with Gasteiger partial charge in [-0.25, -0.2) is 0 Å². The first kappa shape index (κ1) is 14.9. The van der Waals surface area contributed by atoms with Crippen LogP contribution in [0.5, 0.6) is 0 Å². The van der Waals surface area contributed by atoms with Crippen LogP contribution in [0.25, 0.3) is 0 Å². The highest BCUT2D eigenvalue weighted by molar-refractivity contribution is 8.17. The summed E-state index contributed by atoms with van der Waals surface area (Å²) < 4.78 is 0.472. The van der Waals surface area contributed by atoms with Gasteiger partial charge in [-0.3, -0.25) is 0 Å². The van der Waals surface area contributed by atoms with E-state index in [1.165, 1.54) is 0 Å². The van der Waals surface area contributed by atoms with Gasteiger partial charge in [0, 0.05) is 5.92 Å². The summed E-state index contributed by atoms with van der Waals surface area (Å²) in [6, 6.07) is 9.97. The summed E-state index contributed by atoms with van der Waals surface area (Å²) in [5.74, 6) is 2.47. The van der Waals surface area contributed by atoms with Gasteiger partial charge in [0.15, 0.2) is 0 Å². The molecule has 1 aromatic carbocycles. The van der Waals surface area contributed by atoms with Gasteiger partial charge in [0.25, 0.3) is 0 Å². The summed E-state index contributed by atoms with van der Waals surface area (Å²) >= 11 is 3.87. The lowest BCUT2D eigenvalue weighted by Crippen LogP contribution is -2.19. The highest BCUT2D eigenvalue weighted by Gasteiger charge is 2.25. The predicted octanol–water partition coefficient (Wildman–Crippen LogP) is 4.19. The molecule has 0 aliphatic heterocycles. The van der Waals surface area contributed by atoms with Crippen molar-refractivity contribution in [1.29, 1.82) is 0 Å². The normalized spacial score (nSPS) is 14.9. The van der Waals surface area contributed by atoms with Crippen molar-refractivity contribution in [2.75, 3.05) is 11.5 Å². The van der Waals surface area contributed by atoms with E-state index >= 15 is 0 Å². The van der Waals surface area contributed by atoms with Crippen LogP contribution in [0.15, 0.2) is 30.3 Å². The minimum Gasteiger partial charge on any atom is -0.388 e. The van der Waals surface area contributed by atoms with Crippen LogP contribution in [0.3, 0.4) is 0 Å². The van der Waals surface area contributed by atoms with Gasteiger partial charge in [-0.2, -0.15) is 0 Å². The van der Waals surface area contributed by atoms with Gasteiger partial charge in [-0.1, -0.05) is 51.1 Å². The molecule has 96 valence electrons. The Morgan fingerprint density at radius 3 is 2.06 bits per heavy atom. The molecule has 0 aromatic heterocycles. The summed E-state index contributed by atoms with van der Waals surface area (Å²) in [5.41, 5.74) is 1.03. The molecule has 3 heteroatoms. The third kappa shape index (κ3) is 4.57. The summed E-state index contributed by atoms with van der Waals surface area (Å²) in [6.07, 6.45) is -0.362. The maximum atomic E-state index is 10.4. The number of aliphatic hydroxyl groups is 1. The molecule has 0 spiro atoms. The molecule has 0 saturated heterocycles. The lowest BCUT2D eigenvalue weighted by atomic mass is 9.99. The zero-order valence-corrected chi connectivity index (χ0v) is 12.4. The van der Waals surface area contributed by atoms with Crippen LogP contribution in [-0.4, -0.2) is 21.2 Å². The van der Waals surface area contributed by atoms with Crippen LogP contribution < -0.4 is 0 Å². The Bertz CT molecular complexity index is 296. The first-order valence-electron chi connectivity index (χ1n) is 6.16. The van der Waals surface area contributed by atoms with Gasteiger partial charge >= 0.3 is 0 Å². The van der Waals surface area contributed by atoms with E-state index in [0.717, 1.165) is 17.1 Å². The first-order valence-corrected chi connectivity index (χ1v) is 8.26. The predicted molar refractivity (Wildman–Crippen MR) is 80.6 cm³/mol. The first-order chi connectivity index (χ1) is 8.20. The second-order valence-corrected chi connectivity index (χ2v) is 7.13. The van der Waals surface area contributed by atoms with Crippen molar-refractivity contribution < 1.29 is 5.11 Å². The van der Waals surface area contributed by atoms with Crippen LogP contribution in [0.1, 0.15) is 32.4 Å². The second-order valence-electron chi connectivity index (χ2n) is 3.99. The quantitative estimate of drug-likeness (QED) is 0.750. The number of benzene rings is 1. The number of hydrogen-bond acceptors (Lipinski definition) is 3. The van der Waals surface area contributed by atoms with Gasteiger partial charge in [-0.05, 0) is 17.1 Å². The average molecular weight is 270 g/mol. The average Bonchev–Trinajstić information content (AvgIpc) is 2.38. The highest BCUT2D eigenvalue weighted by atomic mass is 32.2. The van der Waals surface area contributed by atoms with E-state index in [-0.39, 0.29) is 12.0 Å². The molecule has 0 radical (unpaired) electrons. The van der Waals surface area contributed by atoms with E-state index in [9.17, 15) is 5.11 Å². The van der Waals surface area contributed by atoms with Crippen molar-refractivity contribution in [3.05, 3.63) is 35.9 Å². The molecule has 1 nitrogen and oxygen atoms in total. The molecule has 0 saturated carbocycles. The minimum absolute atomic E-state index is 0.271. The standard InChI is InChI=1S/C14H22OS2/c1-4-16-14(17-5-2)11(3)13(15)12-9-7-6-8-10-12/h6-11,13-15H,4-5H2,1-3H3/t11-,13+/m1/s1. The van der Waals surface area contributed by atoms with Gasteiger partial charge in [0.1, 0.15) is 0 Å². The molecule has 0 amide bonds. The third-order valence-electron chi connectivity index (χ3n) is 2.73. The van der Waals surface area contributed by atoms with Crippen LogP contribution >= 0.6 is 23.5 Å². The Morgan fingerprint density at radius 2 is 1.59 bits per heavy atom. The van der Waals surface area contributed by atoms with Crippen LogP contribution in [-0.2, 0) is 0 Å². The topological polar surface area (TPSA) is 20.2 Å². The van der Waals surface area contributed by atoms with Gasteiger partial charge in [-0.15, -0.1) is 23.5 Å². The molecule has 17 heavy (non-hydrogen) atoms. The molecule has 1 aromatic rings. The van der Waals surface area contributed by atoms with E-state index < -0.39 is 0 Å². The van der Waals surface area contributed by atoms with Crippen molar-refractivity contribution in [2.45, 2.75) is 31.5 Å². The van der Waals surface area contributed by atoms with Crippen molar-refractivity contribution >= 4 is 23.5 Å². The van der Waals surface area contributed by atoms with Gasteiger partial charge in [0.05, 0.1) is 10.7 Å². The van der Waals surface area contributed by atoms with Crippen molar-refractivity contribution in [1.82, 2.24) is 0 Å². The molecular formula is C14H22OS2. The molecule has 1 rings (SSSR count). The van der Waals surface area contributed by atoms with Gasteiger partial charge in [0.2, 0.25) is 0 Å². The maximum Gasteiger partial charge on any atom is 0.0834 e. The molecule has 0 aliphatic rings. The molecule has 1 N–H and O–H groups in total. The number of aliphatic hydroxyl groups excluding tert-OH is 1. The summed E-state index contributed by atoms with van der Waals surface area (Å²) in [6.45, 7) is 6.50. The Kier molecular flexibility index (Phi) is 7.09. The van der Waals surface area contributed by atoms with E-state index in [0.29, 0.717) is 4.58 Å². The summed E-state index contributed by atoms with van der Waals surface area (Å²) in [4.78, 5) is 0. The fourth-order valence-corrected chi connectivity index (χ4v) is 4.55. The monoisotopic (exact) mass is 270 g/mol. The smallest absolute Gasteiger partial charge is 0.0834 e. The minimum atomic E-state index is -0.362. The Balaban J connectivity index is 2.69. The largest absolute Gasteiger partial charge is 0.388 e. The van der Waals surface area contributed by atoms with Crippen LogP contribution in [0.4, 0.5) is 0 Å². The summed E-state index contributed by atoms with van der Waals surface area (Å²) in [7, 11) is 0. The lowest BCUT2D eigenvalue weighted by molar-refractivity contribution is 0.125. The molecule has 0 unspecified atom stereocenters. The number of thioether (sulfide) groups is 2. The molecule has 0 heterocycles. The zero-order valence-electron chi connectivity index (χ0n) is 10.8. The van der Waals surface area contributed by atoms with Crippen LogP contribution in [0, 0.1) is 5.92 Å². The van der Waals surface area contributed by atoms with E-state index in [2.05, 4.69) is 20.8 Å². The van der Waals surface area contributed by atoms with Crippen molar-refractivity contribution in [3.8, 4) is 0 Å². The number of rotatable bonds is 7. The Morgan fingerprint density at radius 1 is 1.06 bits per heavy atom. The van der Waals surface area contributed by atoms with Crippen molar-refractivity contribution in [3.63, 3.8) is 0 Å². The Labute approximate surface area is 113 Å². The van der Waals surface area contributed by atoms with E-state index in [4.69, 9.17) is 0 Å². The fourth-order valence-electron chi connectivity index (χ4n) is 1.78. The molecular weight excluding hydrogens is 248 g/mol. The van der Waals surface area contributed by atoms with Crippen LogP contribution in [0.2, 0.25) is 0 Å². The summed E-state index contributed by atoms with van der Waals surface area (Å²) in [5, 5.41) is 10.4. The second kappa shape index (κ2) is 8.06. The molecule has 0 bridgehead atoms. The zero-order chi connectivity index (χ0) is 12.7. The number of hydrogen-bond donors (Lipinski definition) is 1. The highest BCUT2D eigenvalue weighted by Crippen LogP contribution is 2.37. The third-order valence-corrected chi connectivity index (χ3v) is 5.73. The molecule has 0 aliphatic carbocycles. The lowest BCUT2D eigenvalue weighted by Gasteiger charge is -2.27. The fraction of sp³-hybridized carbons (Fsp3) is 0.571. The molecule has 2 atom stereocenters. The van der Waals surface area contributed by atoms with Crippen molar-refractivity contribution in [2.24, 2.45) is 5.92 Å². The SMILES string of the molecule is CCSC(SCC)[C@H](C)[C@H](O)c1ccccc1. The molecule has 0 fully saturated rings.